The number of ether oxygens (including phenoxy) is 1. The number of hydrogen-bond donors (Lipinski definition) is 2. The highest BCUT2D eigenvalue weighted by atomic mass is 16.5. The zero-order valence-corrected chi connectivity index (χ0v) is 11.4. The molecular formula is C13H22N4O. The molecule has 1 saturated heterocycles. The monoisotopic (exact) mass is 250 g/mol. The largest absolute Gasteiger partial charge is 0.381 e. The van der Waals surface area contributed by atoms with Crippen molar-refractivity contribution in [2.24, 2.45) is 5.41 Å². The predicted molar refractivity (Wildman–Crippen MR) is 73.0 cm³/mol. The summed E-state index contributed by atoms with van der Waals surface area (Å²) in [6.45, 7) is 6.98. The van der Waals surface area contributed by atoms with E-state index in [-0.39, 0.29) is 0 Å². The van der Waals surface area contributed by atoms with Gasteiger partial charge in [-0.15, -0.1) is 0 Å². The highest BCUT2D eigenvalue weighted by molar-refractivity contribution is 5.46. The van der Waals surface area contributed by atoms with Crippen molar-refractivity contribution in [1.82, 2.24) is 9.97 Å². The van der Waals surface area contributed by atoms with Crippen molar-refractivity contribution in [3.05, 3.63) is 11.8 Å². The van der Waals surface area contributed by atoms with Gasteiger partial charge in [0.25, 0.3) is 0 Å². The molecule has 18 heavy (non-hydrogen) atoms. The van der Waals surface area contributed by atoms with Gasteiger partial charge in [-0.25, -0.2) is 4.98 Å². The van der Waals surface area contributed by atoms with Crippen molar-refractivity contribution < 1.29 is 4.74 Å². The zero-order valence-electron chi connectivity index (χ0n) is 11.4. The summed E-state index contributed by atoms with van der Waals surface area (Å²) in [5.74, 6) is 1.57. The molecule has 1 aromatic rings. The van der Waals surface area contributed by atoms with E-state index in [0.717, 1.165) is 44.0 Å². The van der Waals surface area contributed by atoms with Gasteiger partial charge in [0.2, 0.25) is 5.95 Å². The first-order chi connectivity index (χ1) is 8.63. The molecule has 100 valence electrons. The Morgan fingerprint density at radius 3 is 2.78 bits per heavy atom. The Balaban J connectivity index is 2.00. The van der Waals surface area contributed by atoms with Crippen molar-refractivity contribution in [3.8, 4) is 0 Å². The summed E-state index contributed by atoms with van der Waals surface area (Å²) in [6, 6.07) is 0. The third kappa shape index (κ3) is 3.10. The second kappa shape index (κ2) is 5.52. The van der Waals surface area contributed by atoms with E-state index >= 15 is 0 Å². The molecule has 1 fully saturated rings. The van der Waals surface area contributed by atoms with Crippen LogP contribution in [0, 0.1) is 12.3 Å². The molecule has 2 rings (SSSR count). The lowest BCUT2D eigenvalue weighted by Gasteiger charge is -2.33. The van der Waals surface area contributed by atoms with Crippen LogP contribution < -0.4 is 10.6 Å². The van der Waals surface area contributed by atoms with E-state index in [4.69, 9.17) is 4.74 Å². The van der Waals surface area contributed by atoms with Gasteiger partial charge in [0.05, 0.1) is 0 Å². The first-order valence-corrected chi connectivity index (χ1v) is 6.46. The quantitative estimate of drug-likeness (QED) is 0.856. The van der Waals surface area contributed by atoms with Crippen molar-refractivity contribution in [3.63, 3.8) is 0 Å². The predicted octanol–water partition coefficient (Wildman–Crippen LogP) is 2.06. The molecule has 1 aliphatic rings. The first-order valence-electron chi connectivity index (χ1n) is 6.46. The van der Waals surface area contributed by atoms with Gasteiger partial charge < -0.3 is 15.4 Å². The molecule has 5 heteroatoms. The first kappa shape index (κ1) is 13.1. The zero-order chi connectivity index (χ0) is 13.0. The molecule has 1 aliphatic heterocycles. The Bertz CT molecular complexity index is 402. The van der Waals surface area contributed by atoms with E-state index in [0.29, 0.717) is 11.4 Å². The number of rotatable bonds is 4. The van der Waals surface area contributed by atoms with Crippen LogP contribution in [0.2, 0.25) is 0 Å². The van der Waals surface area contributed by atoms with Crippen LogP contribution in [-0.2, 0) is 4.74 Å². The maximum Gasteiger partial charge on any atom is 0.224 e. The van der Waals surface area contributed by atoms with Crippen molar-refractivity contribution in [2.45, 2.75) is 26.7 Å². The lowest BCUT2D eigenvalue weighted by atomic mass is 9.82. The minimum atomic E-state index is 0.301. The van der Waals surface area contributed by atoms with Gasteiger partial charge in [-0.05, 0) is 25.2 Å². The third-order valence-electron chi connectivity index (χ3n) is 3.58. The average Bonchev–Trinajstić information content (AvgIpc) is 2.39. The highest BCUT2D eigenvalue weighted by Crippen LogP contribution is 2.30. The van der Waals surface area contributed by atoms with Crippen LogP contribution in [-0.4, -0.2) is 36.8 Å². The Hall–Kier alpha value is -1.36. The molecule has 1 aromatic heterocycles. The molecule has 0 amide bonds. The van der Waals surface area contributed by atoms with Crippen molar-refractivity contribution in [1.29, 1.82) is 0 Å². The second-order valence-corrected chi connectivity index (χ2v) is 5.25. The molecule has 5 nitrogen and oxygen atoms in total. The minimum absolute atomic E-state index is 0.301. The van der Waals surface area contributed by atoms with E-state index < -0.39 is 0 Å². The highest BCUT2D eigenvalue weighted by Gasteiger charge is 2.27. The summed E-state index contributed by atoms with van der Waals surface area (Å²) in [5, 5.41) is 6.41. The number of aryl methyl sites for hydroxylation is 1. The average molecular weight is 250 g/mol. The number of nitrogens with one attached hydrogen (secondary N) is 2. The summed E-state index contributed by atoms with van der Waals surface area (Å²) in [7, 11) is 1.83. The summed E-state index contributed by atoms with van der Waals surface area (Å²) in [4.78, 5) is 8.63. The Morgan fingerprint density at radius 1 is 1.39 bits per heavy atom. The van der Waals surface area contributed by atoms with Gasteiger partial charge in [-0.3, -0.25) is 0 Å². The van der Waals surface area contributed by atoms with Gasteiger partial charge in [-0.2, -0.15) is 4.98 Å². The molecule has 0 spiro atoms. The van der Waals surface area contributed by atoms with Gasteiger partial charge >= 0.3 is 0 Å². The molecule has 0 unspecified atom stereocenters. The molecule has 0 atom stereocenters. The van der Waals surface area contributed by atoms with Crippen LogP contribution in [0.4, 0.5) is 11.8 Å². The Labute approximate surface area is 108 Å². The summed E-state index contributed by atoms with van der Waals surface area (Å²) in [5.41, 5.74) is 1.37. The number of aromatic nitrogens is 2. The summed E-state index contributed by atoms with van der Waals surface area (Å²) >= 11 is 0. The van der Waals surface area contributed by atoms with Crippen LogP contribution in [0.15, 0.2) is 6.20 Å². The Kier molecular flexibility index (Phi) is 4.01. The molecule has 2 heterocycles. The number of hydrogen-bond acceptors (Lipinski definition) is 5. The van der Waals surface area contributed by atoms with Crippen LogP contribution in [0.1, 0.15) is 25.3 Å². The SMILES string of the molecule is CNc1ncc(C)c(NCC2(C)CCOCC2)n1. The van der Waals surface area contributed by atoms with Crippen molar-refractivity contribution >= 4 is 11.8 Å². The maximum absolute atomic E-state index is 5.41. The normalized spacial score (nSPS) is 18.4. The summed E-state index contributed by atoms with van der Waals surface area (Å²) < 4.78 is 5.41. The maximum atomic E-state index is 5.41. The van der Waals surface area contributed by atoms with Gasteiger partial charge in [-0.1, -0.05) is 6.92 Å². The van der Waals surface area contributed by atoms with E-state index in [9.17, 15) is 0 Å². The molecule has 0 aliphatic carbocycles. The van der Waals surface area contributed by atoms with Crippen molar-refractivity contribution in [2.75, 3.05) is 37.4 Å². The van der Waals surface area contributed by atoms with Crippen LogP contribution >= 0.6 is 0 Å². The van der Waals surface area contributed by atoms with Gasteiger partial charge in [0.1, 0.15) is 5.82 Å². The molecule has 0 aromatic carbocycles. The second-order valence-electron chi connectivity index (χ2n) is 5.25. The van der Waals surface area contributed by atoms with Crippen LogP contribution in [0.3, 0.4) is 0 Å². The molecular weight excluding hydrogens is 228 g/mol. The van der Waals surface area contributed by atoms with Gasteiger partial charge in [0, 0.05) is 38.6 Å². The lowest BCUT2D eigenvalue weighted by molar-refractivity contribution is 0.0299. The topological polar surface area (TPSA) is 59.1 Å². The third-order valence-corrected chi connectivity index (χ3v) is 3.58. The number of nitrogens with zero attached hydrogens (tertiary/aromatic N) is 2. The van der Waals surface area contributed by atoms with E-state index in [1.807, 2.05) is 20.2 Å². The van der Waals surface area contributed by atoms with E-state index in [2.05, 4.69) is 27.5 Å². The smallest absolute Gasteiger partial charge is 0.224 e. The van der Waals surface area contributed by atoms with Crippen LogP contribution in [0.25, 0.3) is 0 Å². The van der Waals surface area contributed by atoms with Gasteiger partial charge in [0.15, 0.2) is 0 Å². The number of anilines is 2. The fourth-order valence-corrected chi connectivity index (χ4v) is 2.08. The molecule has 0 radical (unpaired) electrons. The Morgan fingerprint density at radius 2 is 2.11 bits per heavy atom. The van der Waals surface area contributed by atoms with Crippen LogP contribution in [0.5, 0.6) is 0 Å². The minimum Gasteiger partial charge on any atom is -0.381 e. The summed E-state index contributed by atoms with van der Waals surface area (Å²) in [6.07, 6.45) is 4.04. The standard InChI is InChI=1S/C13H22N4O/c1-10-8-15-12(14-3)17-11(10)16-9-13(2)4-6-18-7-5-13/h8H,4-7,9H2,1-3H3,(H2,14,15,16,17). The fraction of sp³-hybridized carbons (Fsp3) is 0.692. The van der Waals surface area contributed by atoms with E-state index in [1.54, 1.807) is 0 Å². The molecule has 2 N–H and O–H groups in total. The molecule has 0 bridgehead atoms. The van der Waals surface area contributed by atoms with E-state index in [1.165, 1.54) is 0 Å². The fourth-order valence-electron chi connectivity index (χ4n) is 2.08. The molecule has 0 saturated carbocycles. The lowest BCUT2D eigenvalue weighted by Crippen LogP contribution is -2.33.